The second kappa shape index (κ2) is 8.90. The van der Waals surface area contributed by atoms with Gasteiger partial charge in [0.1, 0.15) is 11.5 Å². The Hall–Kier alpha value is -3.55. The Bertz CT molecular complexity index is 988. The molecule has 0 bridgehead atoms. The van der Waals surface area contributed by atoms with E-state index in [0.29, 0.717) is 29.5 Å². The minimum absolute atomic E-state index is 0.228. The minimum Gasteiger partial charge on any atom is -0.854 e. The molecule has 0 fully saturated rings. The quantitative estimate of drug-likeness (QED) is 0.277. The van der Waals surface area contributed by atoms with E-state index in [1.807, 2.05) is 0 Å². The number of rotatable bonds is 8. The minimum atomic E-state index is -0.802. The van der Waals surface area contributed by atoms with Crippen molar-refractivity contribution in [2.75, 3.05) is 13.7 Å². The summed E-state index contributed by atoms with van der Waals surface area (Å²) < 4.78 is 16.7. The lowest BCUT2D eigenvalue weighted by Crippen LogP contribution is -2.44. The first-order valence-corrected chi connectivity index (χ1v) is 8.89. The van der Waals surface area contributed by atoms with Gasteiger partial charge >= 0.3 is 11.3 Å². The zero-order valence-corrected chi connectivity index (χ0v) is 15.7. The van der Waals surface area contributed by atoms with Crippen LogP contribution in [-0.2, 0) is 0 Å². The topological polar surface area (TPSA) is 104 Å². The number of aromatic nitrogens is 2. The third-order valence-corrected chi connectivity index (χ3v) is 4.01. The van der Waals surface area contributed by atoms with Gasteiger partial charge in [-0.05, 0) is 52.8 Å². The molecule has 0 radical (unpaired) electrons. The summed E-state index contributed by atoms with van der Waals surface area (Å²) in [5, 5.41) is 15.0. The van der Waals surface area contributed by atoms with E-state index in [0.717, 1.165) is 12.8 Å². The Kier molecular flexibility index (Phi) is 6.11. The maximum Gasteiger partial charge on any atom is 0.436 e. The molecule has 1 N–H and O–H groups in total. The number of unbranched alkanes of at least 4 members (excludes halogenated alkanes) is 1. The van der Waals surface area contributed by atoms with Crippen LogP contribution in [0.25, 0.3) is 5.69 Å². The number of benzene rings is 2. The van der Waals surface area contributed by atoms with Crippen molar-refractivity contribution in [2.45, 2.75) is 19.8 Å². The van der Waals surface area contributed by atoms with Gasteiger partial charge in [-0.15, -0.1) is 0 Å². The van der Waals surface area contributed by atoms with E-state index in [1.165, 1.54) is 4.68 Å². The standard InChI is InChI=1S/C20H21N3O5/c1-3-4-13-27-17-9-5-14(6-10-17)21-19(24)18-20(25)28-22-23(18)15-7-11-16(26-2)12-8-15/h5-12H,3-4,13H2,1-2H3,(H-,21,22,24,25). The van der Waals surface area contributed by atoms with Gasteiger partial charge in [-0.25, -0.2) is 4.79 Å². The molecular weight excluding hydrogens is 362 g/mol. The van der Waals surface area contributed by atoms with Crippen molar-refractivity contribution < 1.29 is 23.8 Å². The van der Waals surface area contributed by atoms with Crippen LogP contribution in [0.1, 0.15) is 25.5 Å². The number of nitrogens with zero attached hydrogens (tertiary/aromatic N) is 2. The van der Waals surface area contributed by atoms with Gasteiger partial charge in [0.05, 0.1) is 25.3 Å². The first-order valence-electron chi connectivity index (χ1n) is 8.89. The molecule has 0 aliphatic rings. The van der Waals surface area contributed by atoms with Crippen LogP contribution in [0.5, 0.6) is 11.5 Å². The van der Waals surface area contributed by atoms with Crippen LogP contribution < -0.4 is 24.9 Å². The molecule has 2 aromatic carbocycles. The molecule has 1 aromatic heterocycles. The Morgan fingerprint density at radius 1 is 1.14 bits per heavy atom. The number of aliphatic imine (C=N–C) groups is 1. The summed E-state index contributed by atoms with van der Waals surface area (Å²) in [6.45, 7) is 2.73. The molecule has 0 amide bonds. The molecule has 146 valence electrons. The molecule has 0 aliphatic heterocycles. The van der Waals surface area contributed by atoms with Crippen molar-refractivity contribution in [1.29, 1.82) is 0 Å². The van der Waals surface area contributed by atoms with Crippen LogP contribution in [0, 0.1) is 0 Å². The Morgan fingerprint density at radius 3 is 2.46 bits per heavy atom. The number of H-pyrrole nitrogens is 1. The lowest BCUT2D eigenvalue weighted by Gasteiger charge is -2.07. The first kappa shape index (κ1) is 19.2. The molecular formula is C20H21N3O5. The van der Waals surface area contributed by atoms with Gasteiger partial charge in [-0.3, -0.25) is 9.52 Å². The Morgan fingerprint density at radius 2 is 1.82 bits per heavy atom. The van der Waals surface area contributed by atoms with E-state index in [9.17, 15) is 9.90 Å². The first-order chi connectivity index (χ1) is 13.6. The van der Waals surface area contributed by atoms with E-state index < -0.39 is 11.5 Å². The summed E-state index contributed by atoms with van der Waals surface area (Å²) in [6, 6.07) is 13.6. The van der Waals surface area contributed by atoms with Gasteiger partial charge in [0.25, 0.3) is 0 Å². The number of aromatic amines is 1. The highest BCUT2D eigenvalue weighted by atomic mass is 16.5. The fraction of sp³-hybridized carbons (Fsp3) is 0.250. The largest absolute Gasteiger partial charge is 0.854 e. The Labute approximate surface area is 161 Å². The number of ether oxygens (including phenoxy) is 2. The third-order valence-electron chi connectivity index (χ3n) is 4.01. The molecule has 8 heteroatoms. The van der Waals surface area contributed by atoms with Crippen molar-refractivity contribution >= 4 is 11.6 Å². The second-order valence-electron chi connectivity index (χ2n) is 5.98. The van der Waals surface area contributed by atoms with Gasteiger partial charge < -0.3 is 14.6 Å². The van der Waals surface area contributed by atoms with Crippen LogP contribution in [0.15, 0.2) is 62.8 Å². The van der Waals surface area contributed by atoms with Crippen LogP contribution >= 0.6 is 0 Å². The molecule has 3 rings (SSSR count). The zero-order valence-electron chi connectivity index (χ0n) is 15.7. The molecule has 0 aliphatic carbocycles. The normalized spacial score (nSPS) is 11.4. The van der Waals surface area contributed by atoms with E-state index in [1.54, 1.807) is 55.6 Å². The van der Waals surface area contributed by atoms with Gasteiger partial charge in [-0.1, -0.05) is 13.3 Å². The Balaban J connectivity index is 1.85. The maximum atomic E-state index is 12.6. The fourth-order valence-corrected chi connectivity index (χ4v) is 2.49. The van der Waals surface area contributed by atoms with E-state index in [4.69, 9.17) is 14.0 Å². The van der Waals surface area contributed by atoms with E-state index >= 15 is 0 Å². The second-order valence-corrected chi connectivity index (χ2v) is 5.98. The lowest BCUT2D eigenvalue weighted by atomic mass is 10.3. The third kappa shape index (κ3) is 4.40. The molecule has 1 heterocycles. The summed E-state index contributed by atoms with van der Waals surface area (Å²) in [4.78, 5) is 16.0. The van der Waals surface area contributed by atoms with Crippen LogP contribution in [0.2, 0.25) is 0 Å². The van der Waals surface area contributed by atoms with Gasteiger partial charge in [0.15, 0.2) is 0 Å². The number of methoxy groups -OCH3 is 1. The fourth-order valence-electron chi connectivity index (χ4n) is 2.49. The molecule has 0 spiro atoms. The van der Waals surface area contributed by atoms with Gasteiger partial charge in [0, 0.05) is 12.1 Å². The highest BCUT2D eigenvalue weighted by Crippen LogP contribution is 2.18. The summed E-state index contributed by atoms with van der Waals surface area (Å²) >= 11 is 0. The number of hydrogen-bond donors (Lipinski definition) is 1. The average Bonchev–Trinajstić information content (AvgIpc) is 3.11. The zero-order chi connectivity index (χ0) is 19.9. The molecule has 0 unspecified atom stereocenters. The monoisotopic (exact) mass is 383 g/mol. The maximum absolute atomic E-state index is 12.6. The summed E-state index contributed by atoms with van der Waals surface area (Å²) in [5.74, 6) is 0.633. The molecule has 0 saturated carbocycles. The van der Waals surface area contributed by atoms with Gasteiger partial charge in [0.2, 0.25) is 5.69 Å². The molecule has 0 atom stereocenters. The lowest BCUT2D eigenvalue weighted by molar-refractivity contribution is -0.673. The molecule has 28 heavy (non-hydrogen) atoms. The van der Waals surface area contributed by atoms with Crippen LogP contribution in [-0.4, -0.2) is 24.9 Å². The summed E-state index contributed by atoms with van der Waals surface area (Å²) in [6.07, 6.45) is 2.02. The van der Waals surface area contributed by atoms with E-state index in [-0.39, 0.29) is 5.69 Å². The smallest absolute Gasteiger partial charge is 0.436 e. The number of hydrogen-bond acceptors (Lipinski definition) is 6. The predicted octanol–water partition coefficient (Wildman–Crippen LogP) is 1.87. The van der Waals surface area contributed by atoms with Crippen molar-refractivity contribution in [2.24, 2.45) is 4.99 Å². The van der Waals surface area contributed by atoms with Crippen molar-refractivity contribution in [3.05, 3.63) is 64.6 Å². The summed E-state index contributed by atoms with van der Waals surface area (Å²) in [5.41, 5.74) is -0.0860. The van der Waals surface area contributed by atoms with Crippen molar-refractivity contribution in [1.82, 2.24) is 5.27 Å². The average molecular weight is 383 g/mol. The number of nitrogens with one attached hydrogen (secondary N) is 1. The van der Waals surface area contributed by atoms with Crippen molar-refractivity contribution in [3.63, 3.8) is 0 Å². The van der Waals surface area contributed by atoms with Gasteiger partial charge in [-0.2, -0.15) is 0 Å². The van der Waals surface area contributed by atoms with Crippen molar-refractivity contribution in [3.8, 4) is 17.2 Å². The van der Waals surface area contributed by atoms with E-state index in [2.05, 4.69) is 17.2 Å². The highest BCUT2D eigenvalue weighted by Gasteiger charge is 2.23. The summed E-state index contributed by atoms with van der Waals surface area (Å²) in [7, 11) is 1.55. The molecule has 3 aromatic rings. The highest BCUT2D eigenvalue weighted by molar-refractivity contribution is 5.88. The van der Waals surface area contributed by atoms with Crippen LogP contribution in [0.4, 0.5) is 5.69 Å². The van der Waals surface area contributed by atoms with Crippen LogP contribution in [0.3, 0.4) is 0 Å². The predicted molar refractivity (Wildman–Crippen MR) is 100 cm³/mol. The SMILES string of the molecule is CCCCOc1ccc(N=C([O-])c2c(=O)o[nH][n+]2-c2ccc(OC)cc2)cc1. The molecule has 8 nitrogen and oxygen atoms in total. The molecule has 0 saturated heterocycles.